The van der Waals surface area contributed by atoms with Crippen molar-refractivity contribution in [3.63, 3.8) is 0 Å². The summed E-state index contributed by atoms with van der Waals surface area (Å²) in [7, 11) is 0. The van der Waals surface area contributed by atoms with Gasteiger partial charge in [-0.05, 0) is 29.8 Å². The Balaban J connectivity index is 2.09. The number of aromatic hydroxyl groups is 2. The van der Waals surface area contributed by atoms with E-state index in [2.05, 4.69) is 10.2 Å². The van der Waals surface area contributed by atoms with Crippen LogP contribution in [0.25, 0.3) is 0 Å². The highest BCUT2D eigenvalue weighted by Gasteiger charge is 2.03. The van der Waals surface area contributed by atoms with Crippen LogP contribution in [-0.4, -0.2) is 10.2 Å². The highest BCUT2D eigenvalue weighted by molar-refractivity contribution is 5.40. The third-order valence-electron chi connectivity index (χ3n) is 2.38. The van der Waals surface area contributed by atoms with Crippen LogP contribution in [0.5, 0.6) is 11.5 Å². The van der Waals surface area contributed by atoms with Crippen molar-refractivity contribution in [1.82, 2.24) is 0 Å². The number of halogens is 2. The highest BCUT2D eigenvalue weighted by Crippen LogP contribution is 2.25. The number of hydrogen-bond acceptors (Lipinski definition) is 4. The summed E-state index contributed by atoms with van der Waals surface area (Å²) in [6.45, 7) is 0.102. The molecule has 0 aromatic heterocycles. The third kappa shape index (κ3) is 3.25. The van der Waals surface area contributed by atoms with Crippen molar-refractivity contribution in [3.05, 3.63) is 53.6 Å². The molecule has 0 saturated heterocycles. The van der Waals surface area contributed by atoms with Crippen molar-refractivity contribution in [1.29, 1.82) is 0 Å². The van der Waals surface area contributed by atoms with Gasteiger partial charge in [0.1, 0.15) is 11.5 Å². The van der Waals surface area contributed by atoms with Crippen LogP contribution >= 0.6 is 0 Å². The van der Waals surface area contributed by atoms with Gasteiger partial charge in [0.15, 0.2) is 17.3 Å². The second-order valence-electron chi connectivity index (χ2n) is 3.82. The summed E-state index contributed by atoms with van der Waals surface area (Å²) in [6, 6.07) is 7.19. The van der Waals surface area contributed by atoms with Gasteiger partial charge >= 0.3 is 0 Å². The highest BCUT2D eigenvalue weighted by atomic mass is 19.1. The van der Waals surface area contributed by atoms with Gasteiger partial charge in [0.05, 0.1) is 6.54 Å². The maximum Gasteiger partial charge on any atom is 0.157 e. The number of benzene rings is 2. The Hall–Kier alpha value is -2.50. The minimum Gasteiger partial charge on any atom is -0.504 e. The van der Waals surface area contributed by atoms with Crippen LogP contribution in [-0.2, 0) is 6.54 Å². The van der Waals surface area contributed by atoms with Gasteiger partial charge in [-0.1, -0.05) is 6.07 Å². The maximum absolute atomic E-state index is 13.2. The van der Waals surface area contributed by atoms with E-state index in [0.717, 1.165) is 12.1 Å². The van der Waals surface area contributed by atoms with Crippen molar-refractivity contribution in [3.8, 4) is 11.5 Å². The Morgan fingerprint density at radius 3 is 2.42 bits per heavy atom. The Morgan fingerprint density at radius 2 is 1.74 bits per heavy atom. The molecule has 6 heteroatoms. The first-order chi connectivity index (χ1) is 9.06. The first-order valence-corrected chi connectivity index (χ1v) is 5.39. The monoisotopic (exact) mass is 264 g/mol. The molecule has 4 nitrogen and oxygen atoms in total. The first-order valence-electron chi connectivity index (χ1n) is 5.39. The average molecular weight is 264 g/mol. The quantitative estimate of drug-likeness (QED) is 0.656. The van der Waals surface area contributed by atoms with Gasteiger partial charge in [-0.2, -0.15) is 10.2 Å². The van der Waals surface area contributed by atoms with E-state index in [1.165, 1.54) is 18.2 Å². The van der Waals surface area contributed by atoms with Crippen LogP contribution < -0.4 is 0 Å². The average Bonchev–Trinajstić information content (AvgIpc) is 2.36. The molecule has 0 aliphatic carbocycles. The van der Waals surface area contributed by atoms with Crippen molar-refractivity contribution >= 4 is 5.69 Å². The van der Waals surface area contributed by atoms with Crippen LogP contribution in [0, 0.1) is 11.6 Å². The zero-order valence-corrected chi connectivity index (χ0v) is 9.72. The number of azo groups is 1. The van der Waals surface area contributed by atoms with E-state index in [-0.39, 0.29) is 23.7 Å². The lowest BCUT2D eigenvalue weighted by atomic mass is 10.2. The molecule has 2 aromatic carbocycles. The van der Waals surface area contributed by atoms with Gasteiger partial charge in [-0.3, -0.25) is 0 Å². The lowest BCUT2D eigenvalue weighted by molar-refractivity contribution is 0.403. The van der Waals surface area contributed by atoms with Crippen LogP contribution in [0.4, 0.5) is 14.5 Å². The third-order valence-corrected chi connectivity index (χ3v) is 2.38. The SMILES string of the molecule is Oc1ccc(CN=Nc2ccc(F)cc2F)cc1O. The summed E-state index contributed by atoms with van der Waals surface area (Å²) in [6.07, 6.45) is 0. The smallest absolute Gasteiger partial charge is 0.157 e. The summed E-state index contributed by atoms with van der Waals surface area (Å²) in [5, 5.41) is 25.8. The Morgan fingerprint density at radius 1 is 0.947 bits per heavy atom. The Labute approximate surface area is 107 Å². The molecule has 0 saturated carbocycles. The number of hydrogen-bond donors (Lipinski definition) is 2. The predicted molar refractivity (Wildman–Crippen MR) is 64.3 cm³/mol. The fourth-order valence-corrected chi connectivity index (χ4v) is 1.42. The van der Waals surface area contributed by atoms with E-state index in [9.17, 15) is 13.9 Å². The Kier molecular flexibility index (Phi) is 3.70. The van der Waals surface area contributed by atoms with E-state index in [4.69, 9.17) is 5.11 Å². The molecular weight excluding hydrogens is 254 g/mol. The standard InChI is InChI=1S/C13H10F2N2O2/c14-9-2-3-11(10(15)6-9)17-16-7-8-1-4-12(18)13(19)5-8/h1-6,18-19H,7H2. The normalized spacial score (nSPS) is 11.1. The molecule has 2 rings (SSSR count). The van der Waals surface area contributed by atoms with E-state index in [1.54, 1.807) is 6.07 Å². The number of phenols is 2. The number of nitrogens with zero attached hydrogens (tertiary/aromatic N) is 2. The molecule has 0 aliphatic heterocycles. The largest absolute Gasteiger partial charge is 0.504 e. The molecule has 0 heterocycles. The zero-order valence-electron chi connectivity index (χ0n) is 9.72. The van der Waals surface area contributed by atoms with E-state index >= 15 is 0 Å². The number of rotatable bonds is 3. The second kappa shape index (κ2) is 5.43. The molecule has 2 aromatic rings. The van der Waals surface area contributed by atoms with Gasteiger partial charge in [0.2, 0.25) is 0 Å². The molecule has 0 atom stereocenters. The van der Waals surface area contributed by atoms with Crippen molar-refractivity contribution in [2.75, 3.05) is 0 Å². The molecule has 98 valence electrons. The predicted octanol–water partition coefficient (Wildman–Crippen LogP) is 3.66. The van der Waals surface area contributed by atoms with Gasteiger partial charge in [-0.15, -0.1) is 0 Å². The van der Waals surface area contributed by atoms with E-state index in [0.29, 0.717) is 5.56 Å². The molecule has 19 heavy (non-hydrogen) atoms. The summed E-state index contributed by atoms with van der Waals surface area (Å²) in [5.41, 5.74) is 0.533. The van der Waals surface area contributed by atoms with Gasteiger partial charge in [0, 0.05) is 6.07 Å². The van der Waals surface area contributed by atoms with Gasteiger partial charge < -0.3 is 10.2 Å². The minimum absolute atomic E-state index is 0.0654. The van der Waals surface area contributed by atoms with Crippen LogP contribution in [0.15, 0.2) is 46.6 Å². The zero-order chi connectivity index (χ0) is 13.8. The fraction of sp³-hybridized carbons (Fsp3) is 0.0769. The summed E-state index contributed by atoms with van der Waals surface area (Å²) in [4.78, 5) is 0. The molecule has 0 fully saturated rings. The molecule has 0 radical (unpaired) electrons. The Bertz CT molecular complexity index is 630. The lowest BCUT2D eigenvalue weighted by Crippen LogP contribution is -1.81. The van der Waals surface area contributed by atoms with Gasteiger partial charge in [0.25, 0.3) is 0 Å². The molecule has 0 amide bonds. The van der Waals surface area contributed by atoms with Crippen LogP contribution in [0.2, 0.25) is 0 Å². The van der Waals surface area contributed by atoms with E-state index < -0.39 is 11.6 Å². The maximum atomic E-state index is 13.2. The molecule has 0 aliphatic rings. The fourth-order valence-electron chi connectivity index (χ4n) is 1.42. The van der Waals surface area contributed by atoms with Crippen molar-refractivity contribution < 1.29 is 19.0 Å². The minimum atomic E-state index is -0.794. The summed E-state index contributed by atoms with van der Waals surface area (Å²) in [5.74, 6) is -1.97. The van der Waals surface area contributed by atoms with Crippen molar-refractivity contribution in [2.24, 2.45) is 10.2 Å². The molecule has 0 spiro atoms. The lowest BCUT2D eigenvalue weighted by Gasteiger charge is -2.00. The molecular formula is C13H10F2N2O2. The van der Waals surface area contributed by atoms with Crippen LogP contribution in [0.3, 0.4) is 0 Å². The van der Waals surface area contributed by atoms with E-state index in [1.807, 2.05) is 0 Å². The first kappa shape index (κ1) is 12.9. The van der Waals surface area contributed by atoms with Gasteiger partial charge in [-0.25, -0.2) is 8.78 Å². The van der Waals surface area contributed by atoms with Crippen LogP contribution in [0.1, 0.15) is 5.56 Å². The summed E-state index contributed by atoms with van der Waals surface area (Å²) >= 11 is 0. The second-order valence-corrected chi connectivity index (χ2v) is 3.82. The number of phenolic OH excluding ortho intramolecular Hbond substituents is 2. The van der Waals surface area contributed by atoms with Crippen molar-refractivity contribution in [2.45, 2.75) is 6.54 Å². The molecule has 2 N–H and O–H groups in total. The molecule has 0 bridgehead atoms. The molecule has 0 unspecified atom stereocenters. The topological polar surface area (TPSA) is 65.2 Å². The summed E-state index contributed by atoms with van der Waals surface area (Å²) < 4.78 is 25.9.